The van der Waals surface area contributed by atoms with Gasteiger partial charge < -0.3 is 4.57 Å². The lowest BCUT2D eigenvalue weighted by Crippen LogP contribution is -2.12. The van der Waals surface area contributed by atoms with Gasteiger partial charge >= 0.3 is 0 Å². The smallest absolute Gasteiger partial charge is 0.238 e. The van der Waals surface area contributed by atoms with Crippen LogP contribution in [0.25, 0.3) is 88.9 Å². The van der Waals surface area contributed by atoms with E-state index < -0.39 is 0 Å². The number of rotatable bonds is 5. The van der Waals surface area contributed by atoms with Crippen molar-refractivity contribution in [1.29, 1.82) is 0 Å². The Morgan fingerprint density at radius 3 is 1.49 bits per heavy atom. The molecule has 11 aromatic rings. The summed E-state index contributed by atoms with van der Waals surface area (Å²) < 4.78 is 4.63. The molecule has 0 unspecified atom stereocenters. The second-order valence-corrected chi connectivity index (χ2v) is 14.8. The first-order chi connectivity index (χ1) is 28.3. The molecule has 0 radical (unpaired) electrons. The highest BCUT2D eigenvalue weighted by Crippen LogP contribution is 2.48. The number of fused-ring (bicyclic) bond motifs is 10. The predicted molar refractivity (Wildman–Crippen MR) is 232 cm³/mol. The van der Waals surface area contributed by atoms with Gasteiger partial charge in [-0.1, -0.05) is 158 Å². The quantitative estimate of drug-likeness (QED) is 0.177. The van der Waals surface area contributed by atoms with Gasteiger partial charge in [0.05, 0.1) is 28.0 Å². The van der Waals surface area contributed by atoms with E-state index in [1.54, 1.807) is 0 Å². The molecule has 0 atom stereocenters. The van der Waals surface area contributed by atoms with Crippen LogP contribution in [0, 0.1) is 0 Å². The van der Waals surface area contributed by atoms with Crippen LogP contribution in [-0.4, -0.2) is 24.1 Å². The second-order valence-electron chi connectivity index (χ2n) is 14.8. The van der Waals surface area contributed by atoms with Crippen molar-refractivity contribution in [2.75, 3.05) is 0 Å². The van der Waals surface area contributed by atoms with Gasteiger partial charge in [-0.15, -0.1) is 0 Å². The standard InChI is InChI=1S/C52H33N5/c1-3-15-33(16-4-1)34-27-29-35(30-28-34)50-53-51(47-39-21-9-7-19-37(39)38-20-8-10-22-40(38)47)55-52(54-50)57-44-26-14-12-24-42(44)49-46(57)32-31-45-48(49)41-23-11-13-25-43(41)56(45)36-17-5-2-6-18-36/h1-32,47H. The van der Waals surface area contributed by atoms with Crippen molar-refractivity contribution >= 4 is 43.6 Å². The molecule has 3 heterocycles. The molecule has 5 nitrogen and oxygen atoms in total. The molecule has 0 fully saturated rings. The largest absolute Gasteiger partial charge is 0.309 e. The fourth-order valence-corrected chi connectivity index (χ4v) is 9.20. The predicted octanol–water partition coefficient (Wildman–Crippen LogP) is 12.6. The van der Waals surface area contributed by atoms with Crippen molar-refractivity contribution in [3.8, 4) is 45.3 Å². The molecule has 1 aliphatic rings. The molecule has 12 rings (SSSR count). The monoisotopic (exact) mass is 727 g/mol. The lowest BCUT2D eigenvalue weighted by molar-refractivity contribution is 0.823. The molecule has 57 heavy (non-hydrogen) atoms. The van der Waals surface area contributed by atoms with Crippen molar-refractivity contribution in [3.63, 3.8) is 0 Å². The summed E-state index contributed by atoms with van der Waals surface area (Å²) in [6.45, 7) is 0. The molecule has 5 heteroatoms. The van der Waals surface area contributed by atoms with E-state index in [1.165, 1.54) is 49.5 Å². The van der Waals surface area contributed by atoms with Gasteiger partial charge in [-0.25, -0.2) is 4.98 Å². The van der Waals surface area contributed by atoms with Gasteiger partial charge in [0.2, 0.25) is 5.95 Å². The van der Waals surface area contributed by atoms with E-state index in [2.05, 4.69) is 197 Å². The molecule has 0 amide bonds. The highest BCUT2D eigenvalue weighted by Gasteiger charge is 2.33. The minimum atomic E-state index is -0.148. The molecule has 0 saturated heterocycles. The molecule has 3 aromatic heterocycles. The zero-order chi connectivity index (χ0) is 37.5. The summed E-state index contributed by atoms with van der Waals surface area (Å²) >= 11 is 0. The van der Waals surface area contributed by atoms with Gasteiger partial charge in [0.15, 0.2) is 5.82 Å². The minimum absolute atomic E-state index is 0.148. The Labute approximate surface area is 328 Å². The van der Waals surface area contributed by atoms with Gasteiger partial charge in [0.1, 0.15) is 5.82 Å². The average molecular weight is 728 g/mol. The zero-order valence-electron chi connectivity index (χ0n) is 30.8. The van der Waals surface area contributed by atoms with Crippen LogP contribution in [0.3, 0.4) is 0 Å². The number of hydrogen-bond acceptors (Lipinski definition) is 3. The van der Waals surface area contributed by atoms with Crippen LogP contribution >= 0.6 is 0 Å². The van der Waals surface area contributed by atoms with Crippen LogP contribution in [0.5, 0.6) is 0 Å². The normalized spacial score (nSPS) is 12.5. The Morgan fingerprint density at radius 1 is 0.351 bits per heavy atom. The minimum Gasteiger partial charge on any atom is -0.309 e. The highest BCUT2D eigenvalue weighted by molar-refractivity contribution is 6.28. The second kappa shape index (κ2) is 12.4. The van der Waals surface area contributed by atoms with E-state index in [-0.39, 0.29) is 5.92 Å². The lowest BCUT2D eigenvalue weighted by Gasteiger charge is -2.16. The summed E-state index contributed by atoms with van der Waals surface area (Å²) in [6.07, 6.45) is 0. The number of para-hydroxylation sites is 3. The van der Waals surface area contributed by atoms with E-state index >= 15 is 0 Å². The third kappa shape index (κ3) is 4.79. The Hall–Kier alpha value is -7.63. The molecule has 8 aromatic carbocycles. The molecule has 0 bridgehead atoms. The Bertz CT molecular complexity index is 3300. The van der Waals surface area contributed by atoms with Crippen molar-refractivity contribution in [2.24, 2.45) is 0 Å². The van der Waals surface area contributed by atoms with Crippen molar-refractivity contribution < 1.29 is 0 Å². The first-order valence-electron chi connectivity index (χ1n) is 19.4. The van der Waals surface area contributed by atoms with Crippen LogP contribution in [0.15, 0.2) is 194 Å². The maximum absolute atomic E-state index is 5.48. The summed E-state index contributed by atoms with van der Waals surface area (Å²) in [7, 11) is 0. The van der Waals surface area contributed by atoms with Crippen LogP contribution in [0.1, 0.15) is 22.9 Å². The fraction of sp³-hybridized carbons (Fsp3) is 0.0192. The van der Waals surface area contributed by atoms with Crippen LogP contribution in [0.2, 0.25) is 0 Å². The SMILES string of the molecule is c1ccc(-c2ccc(-c3nc(C4c5ccccc5-c5ccccc54)nc(-n4c5ccccc5c5c6c7ccccc7n(-c7ccccc7)c6ccc54)n3)cc2)cc1. The van der Waals surface area contributed by atoms with Crippen LogP contribution in [0.4, 0.5) is 0 Å². The number of aromatic nitrogens is 5. The van der Waals surface area contributed by atoms with Crippen LogP contribution in [-0.2, 0) is 0 Å². The third-order valence-electron chi connectivity index (χ3n) is 11.7. The van der Waals surface area contributed by atoms with E-state index in [0.29, 0.717) is 11.8 Å². The van der Waals surface area contributed by atoms with Crippen molar-refractivity contribution in [1.82, 2.24) is 24.1 Å². The van der Waals surface area contributed by atoms with Crippen molar-refractivity contribution in [3.05, 3.63) is 211 Å². The molecule has 0 saturated carbocycles. The molecular weight excluding hydrogens is 695 g/mol. The lowest BCUT2D eigenvalue weighted by atomic mass is 9.96. The third-order valence-corrected chi connectivity index (χ3v) is 11.7. The topological polar surface area (TPSA) is 48.5 Å². The first-order valence-corrected chi connectivity index (χ1v) is 19.4. The number of nitrogens with zero attached hydrogens (tertiary/aromatic N) is 5. The summed E-state index contributed by atoms with van der Waals surface area (Å²) in [5.41, 5.74) is 13.7. The molecule has 0 N–H and O–H groups in total. The van der Waals surface area contributed by atoms with Gasteiger partial charge in [-0.2, -0.15) is 9.97 Å². The molecule has 266 valence electrons. The van der Waals surface area contributed by atoms with E-state index in [1.807, 2.05) is 6.07 Å². The van der Waals surface area contributed by atoms with E-state index in [0.717, 1.165) is 44.6 Å². The summed E-state index contributed by atoms with van der Waals surface area (Å²) in [5.74, 6) is 1.82. The number of hydrogen-bond donors (Lipinski definition) is 0. The molecular formula is C52H33N5. The molecule has 1 aliphatic carbocycles. The summed E-state index contributed by atoms with van der Waals surface area (Å²) in [4.78, 5) is 16.2. The van der Waals surface area contributed by atoms with Crippen molar-refractivity contribution in [2.45, 2.75) is 5.92 Å². The average Bonchev–Trinajstić information content (AvgIpc) is 3.93. The fourth-order valence-electron chi connectivity index (χ4n) is 9.20. The van der Waals surface area contributed by atoms with Gasteiger partial charge in [0.25, 0.3) is 0 Å². The Kier molecular flexibility index (Phi) is 6.92. The summed E-state index contributed by atoms with van der Waals surface area (Å²) in [6, 6.07) is 68.9. The van der Waals surface area contributed by atoms with Gasteiger partial charge in [-0.05, 0) is 69.8 Å². The van der Waals surface area contributed by atoms with E-state index in [4.69, 9.17) is 15.0 Å². The maximum Gasteiger partial charge on any atom is 0.238 e. The Morgan fingerprint density at radius 2 is 0.842 bits per heavy atom. The zero-order valence-corrected chi connectivity index (χ0v) is 30.8. The Balaban J connectivity index is 1.15. The number of benzene rings is 8. The first kappa shape index (κ1) is 31.7. The van der Waals surface area contributed by atoms with E-state index in [9.17, 15) is 0 Å². The van der Waals surface area contributed by atoms with Crippen LogP contribution < -0.4 is 0 Å². The summed E-state index contributed by atoms with van der Waals surface area (Å²) in [5, 5.41) is 4.76. The molecule has 0 spiro atoms. The van der Waals surface area contributed by atoms with Gasteiger partial charge in [-0.3, -0.25) is 4.57 Å². The molecule has 0 aliphatic heterocycles. The van der Waals surface area contributed by atoms with Gasteiger partial charge in [0, 0.05) is 32.8 Å². The highest BCUT2D eigenvalue weighted by atomic mass is 15.2. The maximum atomic E-state index is 5.48.